The van der Waals surface area contributed by atoms with Crippen molar-refractivity contribution < 1.29 is 14.6 Å². The van der Waals surface area contributed by atoms with E-state index in [1.165, 1.54) is 0 Å². The highest BCUT2D eigenvalue weighted by Crippen LogP contribution is 2.40. The zero-order valence-corrected chi connectivity index (χ0v) is 18.5. The van der Waals surface area contributed by atoms with Crippen molar-refractivity contribution in [3.8, 4) is 11.6 Å². The van der Waals surface area contributed by atoms with Crippen molar-refractivity contribution in [2.75, 3.05) is 7.11 Å². The quantitative estimate of drug-likeness (QED) is 0.316. The summed E-state index contributed by atoms with van der Waals surface area (Å²) in [5.74, 6) is -0.109. The van der Waals surface area contributed by atoms with E-state index in [9.17, 15) is 9.90 Å². The van der Waals surface area contributed by atoms with Crippen LogP contribution in [0.15, 0.2) is 55.6 Å². The summed E-state index contributed by atoms with van der Waals surface area (Å²) >= 11 is 6.84. The van der Waals surface area contributed by atoms with Gasteiger partial charge in [-0.05, 0) is 59.3 Å². The van der Waals surface area contributed by atoms with Gasteiger partial charge in [0.15, 0.2) is 5.69 Å². The van der Waals surface area contributed by atoms with Crippen LogP contribution in [0.3, 0.4) is 0 Å². The lowest BCUT2D eigenvalue weighted by molar-refractivity contribution is 0.0996. The molecule has 0 fully saturated rings. The Labute approximate surface area is 182 Å². The van der Waals surface area contributed by atoms with Crippen molar-refractivity contribution in [3.05, 3.63) is 56.6 Å². The number of nitrogens with one attached hydrogen (secondary N) is 1. The molecule has 146 valence electrons. The minimum absolute atomic E-state index is 0.173. The van der Waals surface area contributed by atoms with Crippen molar-refractivity contribution in [2.24, 2.45) is 10.2 Å². The summed E-state index contributed by atoms with van der Waals surface area (Å²) in [4.78, 5) is 20.1. The van der Waals surface area contributed by atoms with Gasteiger partial charge in [0.05, 0.1) is 23.7 Å². The molecule has 2 aromatic heterocycles. The number of H-pyrrole nitrogens is 1. The third kappa shape index (κ3) is 3.63. The third-order valence-electron chi connectivity index (χ3n) is 4.39. The zero-order valence-electron chi connectivity index (χ0n) is 15.3. The first-order valence-electron chi connectivity index (χ1n) is 8.48. The van der Waals surface area contributed by atoms with Crippen LogP contribution in [0, 0.1) is 6.92 Å². The molecule has 4 aromatic rings. The molecule has 0 radical (unpaired) electrons. The Morgan fingerprint density at radius 1 is 1.17 bits per heavy atom. The number of aromatic nitrogens is 2. The van der Waals surface area contributed by atoms with E-state index in [4.69, 9.17) is 4.74 Å². The number of benzene rings is 2. The summed E-state index contributed by atoms with van der Waals surface area (Å²) in [5.41, 5.74) is 2.54. The summed E-state index contributed by atoms with van der Waals surface area (Å²) in [5, 5.41) is 19.4. The molecule has 0 atom stereocenters. The first kappa shape index (κ1) is 19.5. The predicted molar refractivity (Wildman–Crippen MR) is 117 cm³/mol. The van der Waals surface area contributed by atoms with Crippen molar-refractivity contribution in [1.82, 2.24) is 9.97 Å². The fourth-order valence-electron chi connectivity index (χ4n) is 3.08. The van der Waals surface area contributed by atoms with Gasteiger partial charge in [0.2, 0.25) is 5.88 Å². The standard InChI is InChI=1S/C20H14Br2N4O3/c1-9-5-13(12-8-11(29-2)3-4-16(12)23-9)19(27)26-25-18-14-6-10(21)7-15(22)17(14)24-20(18)28/h3-8,24,28H,1-2H3. The highest BCUT2D eigenvalue weighted by Gasteiger charge is 2.16. The number of methoxy groups -OCH3 is 1. The molecule has 2 aromatic carbocycles. The summed E-state index contributed by atoms with van der Waals surface area (Å²) in [7, 11) is 1.56. The van der Waals surface area contributed by atoms with Gasteiger partial charge in [0.25, 0.3) is 5.91 Å². The van der Waals surface area contributed by atoms with E-state index in [0.717, 1.165) is 8.95 Å². The largest absolute Gasteiger partial charge is 0.497 e. The Hall–Kier alpha value is -2.78. The van der Waals surface area contributed by atoms with Crippen LogP contribution in [0.25, 0.3) is 21.8 Å². The van der Waals surface area contributed by atoms with Crippen LogP contribution in [-0.2, 0) is 0 Å². The molecule has 0 aliphatic rings. The highest BCUT2D eigenvalue weighted by atomic mass is 79.9. The lowest BCUT2D eigenvalue weighted by Gasteiger charge is -2.06. The molecule has 1 amide bonds. The van der Waals surface area contributed by atoms with Gasteiger partial charge in [-0.1, -0.05) is 15.9 Å². The maximum Gasteiger partial charge on any atom is 0.296 e. The van der Waals surface area contributed by atoms with Gasteiger partial charge in [-0.3, -0.25) is 9.78 Å². The smallest absolute Gasteiger partial charge is 0.296 e. The summed E-state index contributed by atoms with van der Waals surface area (Å²) in [6, 6.07) is 10.6. The molecule has 2 N–H and O–H groups in total. The van der Waals surface area contributed by atoms with Gasteiger partial charge in [-0.15, -0.1) is 10.2 Å². The van der Waals surface area contributed by atoms with Crippen molar-refractivity contribution in [2.45, 2.75) is 6.92 Å². The first-order valence-corrected chi connectivity index (χ1v) is 10.1. The van der Waals surface area contributed by atoms with E-state index in [2.05, 4.69) is 52.1 Å². The second kappa shape index (κ2) is 7.57. The molecule has 29 heavy (non-hydrogen) atoms. The number of azo groups is 1. The molecule has 0 aliphatic carbocycles. The Morgan fingerprint density at radius 3 is 2.72 bits per heavy atom. The minimum Gasteiger partial charge on any atom is -0.497 e. The number of carbonyl (C=O) groups excluding carboxylic acids is 1. The number of hydrogen-bond acceptors (Lipinski definition) is 5. The summed E-state index contributed by atoms with van der Waals surface area (Å²) in [6.07, 6.45) is 0. The average molecular weight is 518 g/mol. The van der Waals surface area contributed by atoms with Gasteiger partial charge < -0.3 is 14.8 Å². The van der Waals surface area contributed by atoms with Gasteiger partial charge in [-0.25, -0.2) is 0 Å². The molecule has 0 unspecified atom stereocenters. The average Bonchev–Trinajstić information content (AvgIpc) is 3.00. The van der Waals surface area contributed by atoms with Crippen LogP contribution in [-0.4, -0.2) is 28.1 Å². The van der Waals surface area contributed by atoms with E-state index in [1.807, 2.05) is 6.07 Å². The molecule has 2 heterocycles. The summed E-state index contributed by atoms with van der Waals surface area (Å²) in [6.45, 7) is 1.80. The van der Waals surface area contributed by atoms with E-state index in [0.29, 0.717) is 38.8 Å². The monoisotopic (exact) mass is 516 g/mol. The van der Waals surface area contributed by atoms with Gasteiger partial charge >= 0.3 is 0 Å². The molecule has 0 saturated heterocycles. The van der Waals surface area contributed by atoms with Crippen molar-refractivity contribution >= 4 is 65.3 Å². The maximum absolute atomic E-state index is 12.8. The fourth-order valence-corrected chi connectivity index (χ4v) is 4.41. The lowest BCUT2D eigenvalue weighted by atomic mass is 10.1. The molecular weight excluding hydrogens is 504 g/mol. The van der Waals surface area contributed by atoms with Crippen molar-refractivity contribution in [1.29, 1.82) is 0 Å². The third-order valence-corrected chi connectivity index (χ3v) is 5.48. The number of fused-ring (bicyclic) bond motifs is 2. The number of hydrogen-bond donors (Lipinski definition) is 2. The molecular formula is C20H14Br2N4O3. The number of aromatic hydroxyl groups is 1. The topological polar surface area (TPSA) is 99.9 Å². The normalized spacial score (nSPS) is 11.6. The van der Waals surface area contributed by atoms with E-state index in [-0.39, 0.29) is 11.6 Å². The van der Waals surface area contributed by atoms with Crippen molar-refractivity contribution in [3.63, 3.8) is 0 Å². The molecule has 0 spiro atoms. The van der Waals surface area contributed by atoms with E-state index < -0.39 is 5.91 Å². The Balaban J connectivity index is 1.80. The Bertz CT molecular complexity index is 1310. The number of carbonyl (C=O) groups is 1. The summed E-state index contributed by atoms with van der Waals surface area (Å²) < 4.78 is 6.79. The number of nitrogens with zero attached hydrogens (tertiary/aromatic N) is 3. The van der Waals surface area contributed by atoms with Gasteiger partial charge in [-0.2, -0.15) is 0 Å². The number of halogens is 2. The van der Waals surface area contributed by atoms with E-state index in [1.54, 1.807) is 44.4 Å². The number of aryl methyl sites for hydroxylation is 1. The maximum atomic E-state index is 12.8. The van der Waals surface area contributed by atoms with Crippen LogP contribution >= 0.6 is 31.9 Å². The van der Waals surface area contributed by atoms with Gasteiger partial charge in [0, 0.05) is 25.4 Å². The minimum atomic E-state index is -0.545. The molecule has 0 bridgehead atoms. The molecule has 9 heteroatoms. The molecule has 0 saturated carbocycles. The Kier molecular flexibility index (Phi) is 5.10. The molecule has 0 aliphatic heterocycles. The number of rotatable bonds is 3. The number of amides is 1. The SMILES string of the molecule is COc1ccc2nc(C)cc(C(=O)N=Nc3c(O)[nH]c4c(Br)cc(Br)cc34)c2c1. The van der Waals surface area contributed by atoms with Crippen LogP contribution < -0.4 is 4.74 Å². The molecule has 7 nitrogen and oxygen atoms in total. The first-order chi connectivity index (χ1) is 13.9. The van der Waals surface area contributed by atoms with Crippen LogP contribution in [0.5, 0.6) is 11.6 Å². The van der Waals surface area contributed by atoms with Crippen LogP contribution in [0.1, 0.15) is 16.1 Å². The van der Waals surface area contributed by atoms with Crippen LogP contribution in [0.2, 0.25) is 0 Å². The van der Waals surface area contributed by atoms with E-state index >= 15 is 0 Å². The lowest BCUT2D eigenvalue weighted by Crippen LogP contribution is -1.99. The zero-order chi connectivity index (χ0) is 20.7. The number of ether oxygens (including phenoxy) is 1. The Morgan fingerprint density at radius 2 is 1.97 bits per heavy atom. The number of aromatic amines is 1. The second-order valence-electron chi connectivity index (χ2n) is 6.33. The fraction of sp³-hybridized carbons (Fsp3) is 0.100. The molecule has 4 rings (SSSR count). The second-order valence-corrected chi connectivity index (χ2v) is 8.10. The highest BCUT2D eigenvalue weighted by molar-refractivity contribution is 9.11. The number of pyridine rings is 1. The predicted octanol–water partition coefficient (Wildman–Crippen LogP) is 6.19. The van der Waals surface area contributed by atoms with Gasteiger partial charge in [0.1, 0.15) is 5.75 Å². The van der Waals surface area contributed by atoms with Crippen LogP contribution in [0.4, 0.5) is 5.69 Å².